The Morgan fingerprint density at radius 3 is 2.34 bits per heavy atom. The van der Waals surface area contributed by atoms with Gasteiger partial charge >= 0.3 is 11.8 Å². The van der Waals surface area contributed by atoms with E-state index in [1.54, 1.807) is 67.6 Å². The van der Waals surface area contributed by atoms with Crippen molar-refractivity contribution in [3.05, 3.63) is 92.4 Å². The molecule has 0 atom stereocenters. The largest absolute Gasteiger partial charge is 0.489 e. The Kier molecular flexibility index (Phi) is 8.11. The molecular formula is C23H18Cl3N3O3. The van der Waals surface area contributed by atoms with Crippen molar-refractivity contribution < 1.29 is 14.3 Å². The molecule has 164 valence electrons. The molecule has 3 aromatic rings. The molecule has 32 heavy (non-hydrogen) atoms. The Hall–Kier alpha value is -3.06. The molecule has 0 heterocycles. The average Bonchev–Trinajstić information content (AvgIpc) is 2.77. The van der Waals surface area contributed by atoms with E-state index in [9.17, 15) is 9.59 Å². The lowest BCUT2D eigenvalue weighted by Gasteiger charge is -2.10. The Labute approximate surface area is 200 Å². The molecular weight excluding hydrogens is 473 g/mol. The number of hydrogen-bond donors (Lipinski definition) is 2. The highest BCUT2D eigenvalue weighted by atomic mass is 35.5. The van der Waals surface area contributed by atoms with Crippen LogP contribution in [0.25, 0.3) is 0 Å². The molecule has 0 aromatic heterocycles. The summed E-state index contributed by atoms with van der Waals surface area (Å²) in [6, 6.07) is 17.3. The molecule has 0 fully saturated rings. The molecule has 0 aliphatic carbocycles. The average molecular weight is 491 g/mol. The third-order valence-electron chi connectivity index (χ3n) is 4.40. The molecule has 0 aliphatic rings. The van der Waals surface area contributed by atoms with Gasteiger partial charge in [0.1, 0.15) is 12.4 Å². The number of halogens is 3. The van der Waals surface area contributed by atoms with Crippen LogP contribution in [0.15, 0.2) is 65.8 Å². The molecule has 0 spiro atoms. The summed E-state index contributed by atoms with van der Waals surface area (Å²) in [6.45, 7) is 1.93. The summed E-state index contributed by atoms with van der Waals surface area (Å²) in [7, 11) is 0. The zero-order valence-electron chi connectivity index (χ0n) is 16.9. The number of carbonyl (C=O) groups excluding carboxylic acids is 2. The van der Waals surface area contributed by atoms with E-state index < -0.39 is 11.8 Å². The quantitative estimate of drug-likeness (QED) is 0.267. The second kappa shape index (κ2) is 11.0. The predicted molar refractivity (Wildman–Crippen MR) is 128 cm³/mol. The van der Waals surface area contributed by atoms with Crippen molar-refractivity contribution >= 4 is 58.5 Å². The first-order valence-electron chi connectivity index (χ1n) is 9.40. The first kappa shape index (κ1) is 23.6. The molecule has 0 aliphatic heterocycles. The lowest BCUT2D eigenvalue weighted by molar-refractivity contribution is -0.136. The molecule has 2 amide bonds. The number of hydrogen-bond acceptors (Lipinski definition) is 4. The zero-order chi connectivity index (χ0) is 23.1. The second-order valence-corrected chi connectivity index (χ2v) is 7.85. The monoisotopic (exact) mass is 489 g/mol. The minimum absolute atomic E-state index is 0.193. The van der Waals surface area contributed by atoms with Gasteiger partial charge in [0.05, 0.1) is 6.21 Å². The number of amides is 2. The number of nitrogens with one attached hydrogen (secondary N) is 2. The number of hydrazone groups is 1. The van der Waals surface area contributed by atoms with Crippen LogP contribution in [0.5, 0.6) is 5.75 Å². The number of anilines is 1. The number of ether oxygens (including phenoxy) is 1. The maximum absolute atomic E-state index is 12.1. The zero-order valence-corrected chi connectivity index (χ0v) is 19.1. The van der Waals surface area contributed by atoms with E-state index in [4.69, 9.17) is 39.5 Å². The van der Waals surface area contributed by atoms with Gasteiger partial charge in [-0.05, 0) is 54.4 Å². The van der Waals surface area contributed by atoms with Crippen molar-refractivity contribution in [2.24, 2.45) is 5.10 Å². The topological polar surface area (TPSA) is 79.8 Å². The number of nitrogens with zero attached hydrogens (tertiary/aromatic N) is 1. The summed E-state index contributed by atoms with van der Waals surface area (Å²) >= 11 is 18.3. The van der Waals surface area contributed by atoms with Crippen molar-refractivity contribution in [1.82, 2.24) is 5.43 Å². The van der Waals surface area contributed by atoms with E-state index in [2.05, 4.69) is 15.8 Å². The van der Waals surface area contributed by atoms with Crippen molar-refractivity contribution in [3.63, 3.8) is 0 Å². The van der Waals surface area contributed by atoms with Gasteiger partial charge in [0.25, 0.3) is 0 Å². The maximum atomic E-state index is 12.1. The predicted octanol–water partition coefficient (Wildman–Crippen LogP) is 5.62. The number of carbonyl (C=O) groups is 2. The lowest BCUT2D eigenvalue weighted by atomic mass is 10.2. The van der Waals surface area contributed by atoms with Gasteiger partial charge in [-0.3, -0.25) is 9.59 Å². The molecule has 0 bridgehead atoms. The summed E-state index contributed by atoms with van der Waals surface area (Å²) in [5.74, 6) is -1.21. The smallest absolute Gasteiger partial charge is 0.329 e. The molecule has 3 aromatic carbocycles. The van der Waals surface area contributed by atoms with Crippen LogP contribution in [0.1, 0.15) is 16.7 Å². The standard InChI is InChI=1S/C23H18Cl3N3O3/c1-14-18(24)7-4-10-21(14)28-22(30)23(31)29-27-12-15-5-2-6-16(11-15)32-13-17-19(25)8-3-9-20(17)26/h2-12H,13H2,1H3,(H,28,30)(H,29,31). The van der Waals surface area contributed by atoms with Crippen LogP contribution in [-0.4, -0.2) is 18.0 Å². The third kappa shape index (κ3) is 6.23. The highest BCUT2D eigenvalue weighted by Crippen LogP contribution is 2.26. The van der Waals surface area contributed by atoms with Gasteiger partial charge in [0.15, 0.2) is 0 Å². The van der Waals surface area contributed by atoms with Gasteiger partial charge in [-0.1, -0.05) is 59.1 Å². The molecule has 0 radical (unpaired) electrons. The SMILES string of the molecule is Cc1c(Cl)cccc1NC(=O)C(=O)NN=Cc1cccc(OCc2c(Cl)cccc2Cl)c1. The second-order valence-electron chi connectivity index (χ2n) is 6.63. The highest BCUT2D eigenvalue weighted by Gasteiger charge is 2.14. The van der Waals surface area contributed by atoms with Gasteiger partial charge in [-0.25, -0.2) is 5.43 Å². The molecule has 3 rings (SSSR count). The van der Waals surface area contributed by atoms with Crippen LogP contribution < -0.4 is 15.5 Å². The Balaban J connectivity index is 1.56. The summed E-state index contributed by atoms with van der Waals surface area (Å²) < 4.78 is 5.75. The molecule has 0 saturated heterocycles. The summed E-state index contributed by atoms with van der Waals surface area (Å²) in [5.41, 5.74) is 4.63. The first-order valence-corrected chi connectivity index (χ1v) is 10.5. The van der Waals surface area contributed by atoms with Gasteiger partial charge in [0.2, 0.25) is 0 Å². The van der Waals surface area contributed by atoms with Gasteiger partial charge in [0, 0.05) is 26.3 Å². The minimum Gasteiger partial charge on any atom is -0.489 e. The summed E-state index contributed by atoms with van der Waals surface area (Å²) in [6.07, 6.45) is 1.39. The van der Waals surface area contributed by atoms with Crippen LogP contribution in [0.3, 0.4) is 0 Å². The molecule has 2 N–H and O–H groups in total. The number of rotatable bonds is 6. The highest BCUT2D eigenvalue weighted by molar-refractivity contribution is 6.40. The first-order chi connectivity index (χ1) is 15.3. The summed E-state index contributed by atoms with van der Waals surface area (Å²) in [5, 5.41) is 7.84. The third-order valence-corrected chi connectivity index (χ3v) is 5.52. The van der Waals surface area contributed by atoms with E-state index in [1.807, 2.05) is 0 Å². The summed E-state index contributed by atoms with van der Waals surface area (Å²) in [4.78, 5) is 24.1. The Morgan fingerprint density at radius 2 is 1.59 bits per heavy atom. The van der Waals surface area contributed by atoms with Gasteiger partial charge in [-0.2, -0.15) is 5.10 Å². The molecule has 9 heteroatoms. The van der Waals surface area contributed by atoms with Gasteiger partial charge < -0.3 is 10.1 Å². The molecule has 6 nitrogen and oxygen atoms in total. The minimum atomic E-state index is -0.915. The van der Waals surface area contributed by atoms with Crippen molar-refractivity contribution in [2.75, 3.05) is 5.32 Å². The fourth-order valence-corrected chi connectivity index (χ4v) is 3.33. The van der Waals surface area contributed by atoms with Crippen molar-refractivity contribution in [2.45, 2.75) is 13.5 Å². The fraction of sp³-hybridized carbons (Fsp3) is 0.0870. The molecule has 0 unspecified atom stereocenters. The Morgan fingerprint density at radius 1 is 0.938 bits per heavy atom. The van der Waals surface area contributed by atoms with Crippen LogP contribution in [0, 0.1) is 6.92 Å². The normalized spacial score (nSPS) is 10.8. The Bertz CT molecular complexity index is 1160. The van der Waals surface area contributed by atoms with E-state index in [-0.39, 0.29) is 6.61 Å². The van der Waals surface area contributed by atoms with Crippen LogP contribution >= 0.6 is 34.8 Å². The fourth-order valence-electron chi connectivity index (χ4n) is 2.65. The van der Waals surface area contributed by atoms with Crippen LogP contribution in [-0.2, 0) is 16.2 Å². The van der Waals surface area contributed by atoms with Gasteiger partial charge in [-0.15, -0.1) is 0 Å². The lowest BCUT2D eigenvalue weighted by Crippen LogP contribution is -2.32. The van der Waals surface area contributed by atoms with Crippen LogP contribution in [0.2, 0.25) is 15.1 Å². The van der Waals surface area contributed by atoms with Crippen molar-refractivity contribution in [1.29, 1.82) is 0 Å². The van der Waals surface area contributed by atoms with E-state index in [0.29, 0.717) is 43.2 Å². The van der Waals surface area contributed by atoms with Crippen molar-refractivity contribution in [3.8, 4) is 5.75 Å². The van der Waals surface area contributed by atoms with E-state index in [1.165, 1.54) is 6.21 Å². The van der Waals surface area contributed by atoms with Crippen LogP contribution in [0.4, 0.5) is 5.69 Å². The van der Waals surface area contributed by atoms with E-state index >= 15 is 0 Å². The van der Waals surface area contributed by atoms with E-state index in [0.717, 1.165) is 0 Å². The maximum Gasteiger partial charge on any atom is 0.329 e. The molecule has 0 saturated carbocycles. The number of benzene rings is 3.